The topological polar surface area (TPSA) is 0 Å². The van der Waals surface area contributed by atoms with Crippen molar-refractivity contribution in [2.24, 2.45) is 0 Å². The molecule has 0 radical (unpaired) electrons. The van der Waals surface area contributed by atoms with Gasteiger partial charge in [-0.2, -0.15) is 0 Å². The summed E-state index contributed by atoms with van der Waals surface area (Å²) in [6, 6.07) is 0. The average molecular weight is 1690 g/mol. The van der Waals surface area contributed by atoms with Gasteiger partial charge in [-0.25, -0.2) is 0 Å². The minimum Gasteiger partial charge on any atom is 0.0000000828 e. The molecule has 0 heterocycles. The third-order valence-corrected chi connectivity index (χ3v) is 42.9. The molecule has 0 saturated carbocycles. The lowest BCUT2D eigenvalue weighted by atomic mass is 8.16. The van der Waals surface area contributed by atoms with Gasteiger partial charge in [-0.05, 0) is 0 Å². The molecule has 0 N–H and O–H groups in total. The van der Waals surface area contributed by atoms with Gasteiger partial charge < -0.3 is 0 Å². The Morgan fingerprint density at radius 1 is 0.0629 bits per heavy atom. The highest BCUT2D eigenvalue weighted by atomic mass is 13.5. The van der Waals surface area contributed by atoms with E-state index >= 15 is 0 Å². The van der Waals surface area contributed by atoms with Crippen LogP contribution < -0.4 is 0 Å². The molecule has 0 amide bonds. The van der Waals surface area contributed by atoms with E-state index in [0.29, 0.717) is 428 Å². The molecule has 0 saturated heterocycles. The molecule has 143 heteroatoms. The summed E-state index contributed by atoms with van der Waals surface area (Å²) in [5, 5.41) is 0. The van der Waals surface area contributed by atoms with Gasteiger partial charge in [0.25, 0.3) is 0 Å². The van der Waals surface area contributed by atoms with E-state index < -0.39 is 0 Å². The van der Waals surface area contributed by atoms with Crippen LogP contribution in [0.5, 0.6) is 0 Å². The SMILES string of the molecule is BBB(B)B(B(B)B)B(B(B(B)B)B(B)B)B(B(B(B(B(B)B)B(B)B)B(B(B)B)B(B)B)B(B(B(B)B)B(B)B)B(B(B)B)B(B)B)B(B(B(B(B(B)B)B(B)B)B(B(B)B)B(B)B)B(B(B(B)B)B(B)B)B(B(B)B)B(B)B)B(B(B(B(B(B)B)B(B)B)B(B(B)B)B(B)B)B(B(B(B)B)B(B)B)B(B(B)B)B(B)B)B(B(B(B(B)B)B(B)B)B(B(B)B)B(B)B)B(B(B(B)B)B(B)B)B(B(B)B)B(B)B. The monoisotopic (exact) mass is 1720 g/mol. The fourth-order valence-corrected chi connectivity index (χ4v) is 42.3. The van der Waals surface area contributed by atoms with Crippen LogP contribution in [0.25, 0.3) is 0 Å². The highest BCUT2D eigenvalue weighted by Crippen LogP contribution is 2.35. The van der Waals surface area contributed by atoms with Crippen LogP contribution >= 0.6 is 0 Å². The maximum atomic E-state index is 2.97. The van der Waals surface area contributed by atoms with Crippen molar-refractivity contribution in [2.45, 2.75) is 0 Å². The van der Waals surface area contributed by atoms with Crippen LogP contribution in [0.4, 0.5) is 0 Å². The molecule has 0 aromatic heterocycles. The molecule has 0 aromatic rings. The maximum absolute atomic E-state index is 2.97. The third-order valence-electron chi connectivity index (χ3n) is 42.9. The Morgan fingerprint density at radius 3 is 0.147 bits per heavy atom. The largest absolute Gasteiger partial charge is 0.0594 e. The number of hydrogen-bond acceptors (Lipinski definition) is 0. The summed E-state index contributed by atoms with van der Waals surface area (Å²) in [4.78, 5) is 0. The molecule has 0 rings (SSSR count). The van der Waals surface area contributed by atoms with E-state index in [9.17, 15) is 0 Å². The molecule has 0 aliphatic heterocycles. The van der Waals surface area contributed by atoms with Crippen LogP contribution in [0.15, 0.2) is 0 Å². The first kappa shape index (κ1) is 152. The predicted octanol–water partition coefficient (Wildman–Crippen LogP) is -93.3. The Hall–Kier alpha value is 9.29. The van der Waals surface area contributed by atoms with Gasteiger partial charge in [0.1, 0.15) is 0 Å². The van der Waals surface area contributed by atoms with Crippen LogP contribution in [-0.2, 0) is 0 Å². The van der Waals surface area contributed by atoms with Gasteiger partial charge in [-0.3, -0.25) is 0 Å². The standard InChI is InChI=1S/B143H145/c1-73-109(72)127(108(70)71)136(126(106(66)67)107(68)69)141(137(128(110(74(2)3)75(4)5)111(76(6)7)77(8)9)129(112(78(10)11)79(12)13)113(80(14)15)81(16)17)143(140(134(122(98(50)51)99(52)53)123(100(54)55)101(56)57)135(124(102(58)59)103(60)61)125(104(62)63)105(64)65)142(138(130(114(82(18)19)83(20)21)115(84(22)23)85(24)25)131(116(86(26)27)87(28)29)117(88(30)31)89(32)33)139(132(118(90(34)35)91(36)37)119(92(38)39)93(40)41)133(120(94(42)43)95(44)45)121(96(46)47)97(48)49/h73H,1-72H2. The summed E-state index contributed by atoms with van der Waals surface area (Å²) in [6.07, 6.45) is 29.4. The van der Waals surface area contributed by atoms with Crippen molar-refractivity contribution >= 4 is 1010 Å². The van der Waals surface area contributed by atoms with Crippen molar-refractivity contribution in [3.8, 4) is 0 Å². The molecule has 0 aliphatic carbocycles. The summed E-state index contributed by atoms with van der Waals surface area (Å²) >= 11 is 0. The van der Waals surface area contributed by atoms with Crippen LogP contribution in [0, 0.1) is 0 Å². The normalized spacial score (nSPS) is 9.87. The molecule has 0 aromatic carbocycles. The minimum atomic E-state index is 0.236. The number of rotatable bonds is 70. The maximum Gasteiger partial charge on any atom is 0.0594 e. The first-order valence-corrected chi connectivity index (χ1v) is 65.1. The van der Waals surface area contributed by atoms with E-state index in [1.807, 2.05) is 0 Å². The van der Waals surface area contributed by atoms with E-state index in [4.69, 9.17) is 0 Å². The molecular formula is H145B143. The minimum absolute atomic E-state index is 0.236. The molecule has 0 spiro atoms. The van der Waals surface area contributed by atoms with Crippen molar-refractivity contribution in [1.82, 2.24) is 0 Å². The zero-order chi connectivity index (χ0) is 113. The second-order valence-electron chi connectivity index (χ2n) is 64.6. The molecule has 143 heavy (non-hydrogen) atoms. The predicted molar refractivity (Wildman–Crippen MR) is 1030 cm³/mol. The van der Waals surface area contributed by atoms with E-state index in [1.54, 1.807) is 0 Å². The molecule has 0 bridgehead atoms. The summed E-state index contributed by atoms with van der Waals surface area (Å²) in [6.45, 7) is 0. The first-order chi connectivity index (χ1) is 65.1. The van der Waals surface area contributed by atoms with Crippen molar-refractivity contribution in [3.63, 3.8) is 0 Å². The van der Waals surface area contributed by atoms with Gasteiger partial charge in [-0.15, -0.1) is 0 Å². The quantitative estimate of drug-likeness (QED) is 0.0533. The Balaban J connectivity index is 18.6. The van der Waals surface area contributed by atoms with Crippen molar-refractivity contribution in [2.75, 3.05) is 0 Å². The van der Waals surface area contributed by atoms with Crippen LogP contribution in [0.3, 0.4) is 0 Å². The van der Waals surface area contributed by atoms with Gasteiger partial charge >= 0.3 is 0 Å². The lowest BCUT2D eigenvalue weighted by molar-refractivity contribution is 3.10. The van der Waals surface area contributed by atoms with Gasteiger partial charge in [-0.1, -0.05) is 0 Å². The van der Waals surface area contributed by atoms with Crippen molar-refractivity contribution < 1.29 is 0 Å². The number of hydrogen-bond donors (Lipinski definition) is 0. The van der Waals surface area contributed by atoms with Crippen LogP contribution in [-0.4, -0.2) is 1010 Å². The molecule has 0 aliphatic rings. The fourth-order valence-electron chi connectivity index (χ4n) is 42.3. The van der Waals surface area contributed by atoms with Crippen molar-refractivity contribution in [1.29, 1.82) is 0 Å². The highest BCUT2D eigenvalue weighted by molar-refractivity contribution is 8.48. The van der Waals surface area contributed by atoms with Gasteiger partial charge in [0.05, 0.1) is 557 Å². The Labute approximate surface area is 999 Å². The van der Waals surface area contributed by atoms with E-state index in [1.165, 1.54) is 7.06 Å². The summed E-state index contributed by atoms with van der Waals surface area (Å²) < 4.78 is 0. The third kappa shape index (κ3) is 40.9. The van der Waals surface area contributed by atoms with Gasteiger partial charge in [0.15, 0.2) is 0 Å². The average Bonchev–Trinajstić information content (AvgIpc) is 0.694. The molecule has 0 nitrogen and oxygen atoms in total. The van der Waals surface area contributed by atoms with E-state index in [-0.39, 0.29) is 19.2 Å². The fraction of sp³-hybridized carbons (Fsp3) is 0. The second-order valence-corrected chi connectivity index (χ2v) is 64.6. The zero-order valence-electron chi connectivity index (χ0n) is 113. The van der Waals surface area contributed by atoms with Crippen LogP contribution in [0.1, 0.15) is 0 Å². The lowest BCUT2D eigenvalue weighted by Gasteiger charge is -2.65. The lowest BCUT2D eigenvalue weighted by Crippen LogP contribution is -3.03. The Morgan fingerprint density at radius 2 is 0.105 bits per heavy atom. The van der Waals surface area contributed by atoms with Gasteiger partial charge in [0.2, 0.25) is 0 Å². The Kier molecular flexibility index (Phi) is 75.0. The van der Waals surface area contributed by atoms with E-state index in [0.717, 1.165) is 0 Å². The first-order valence-electron chi connectivity index (χ1n) is 65.1. The molecule has 0 atom stereocenters. The second kappa shape index (κ2) is 70.4. The van der Waals surface area contributed by atoms with Gasteiger partial charge in [0, 0.05) is 454 Å². The molecular weight excluding hydrogens is 1550 g/mol. The molecule has 0 fully saturated rings. The zero-order valence-corrected chi connectivity index (χ0v) is 113. The molecule has 574 valence electrons. The smallest absolute Gasteiger partial charge is 0.0000000828 e. The van der Waals surface area contributed by atoms with Crippen LogP contribution in [0.2, 0.25) is 0 Å². The summed E-state index contributed by atoms with van der Waals surface area (Å²) in [5.41, 5.74) is 0. The summed E-state index contributed by atoms with van der Waals surface area (Å²) in [5.74, 6) is 0. The summed E-state index contributed by atoms with van der Waals surface area (Å²) in [7, 11) is 209. The highest BCUT2D eigenvalue weighted by Gasteiger charge is 2.74. The Bertz CT molecular complexity index is 2500. The van der Waals surface area contributed by atoms with Crippen molar-refractivity contribution in [3.05, 3.63) is 0 Å². The molecule has 0 unspecified atom stereocenters. The van der Waals surface area contributed by atoms with E-state index in [2.05, 4.69) is 557 Å².